The molecule has 0 atom stereocenters. The van der Waals surface area contributed by atoms with Crippen molar-refractivity contribution in [2.75, 3.05) is 5.73 Å². The minimum Gasteiger partial charge on any atom is -0.426 e. The van der Waals surface area contributed by atoms with E-state index in [-0.39, 0.29) is 11.9 Å². The molecule has 3 rings (SSSR count). The van der Waals surface area contributed by atoms with Crippen molar-refractivity contribution in [1.29, 1.82) is 0 Å². The van der Waals surface area contributed by atoms with Gasteiger partial charge < -0.3 is 10.5 Å². The second-order valence-electron chi connectivity index (χ2n) is 7.79. The summed E-state index contributed by atoms with van der Waals surface area (Å²) in [7, 11) is 0. The first-order valence-corrected chi connectivity index (χ1v) is 9.73. The summed E-state index contributed by atoms with van der Waals surface area (Å²) >= 11 is 0. The van der Waals surface area contributed by atoms with E-state index in [1.54, 1.807) is 24.3 Å². The maximum absolute atomic E-state index is 12.4. The van der Waals surface area contributed by atoms with Crippen LogP contribution in [0.2, 0.25) is 0 Å². The molecular formula is C21H31NO2. The summed E-state index contributed by atoms with van der Waals surface area (Å²) in [6.07, 6.45) is 11.4. The maximum atomic E-state index is 12.4. The summed E-state index contributed by atoms with van der Waals surface area (Å²) in [6.45, 7) is 2.32. The zero-order valence-corrected chi connectivity index (χ0v) is 14.9. The highest BCUT2D eigenvalue weighted by molar-refractivity contribution is 5.75. The van der Waals surface area contributed by atoms with Crippen LogP contribution >= 0.6 is 0 Å². The molecule has 0 radical (unpaired) electrons. The SMILES string of the molecule is CCC1CCC(C2CCC(C(=O)Oc3ccc(N)cc3)CC2)CC1. The first kappa shape index (κ1) is 17.3. The molecule has 0 aliphatic heterocycles. The highest BCUT2D eigenvalue weighted by atomic mass is 16.5. The van der Waals surface area contributed by atoms with Gasteiger partial charge in [0.05, 0.1) is 5.92 Å². The van der Waals surface area contributed by atoms with Gasteiger partial charge in [0, 0.05) is 5.69 Å². The van der Waals surface area contributed by atoms with E-state index in [1.165, 1.54) is 44.9 Å². The van der Waals surface area contributed by atoms with Crippen molar-refractivity contribution in [2.45, 2.75) is 64.7 Å². The molecule has 0 aromatic heterocycles. The van der Waals surface area contributed by atoms with Crippen LogP contribution in [0.1, 0.15) is 64.7 Å². The van der Waals surface area contributed by atoms with Gasteiger partial charge in [0.1, 0.15) is 5.75 Å². The van der Waals surface area contributed by atoms with Crippen LogP contribution in [0.15, 0.2) is 24.3 Å². The van der Waals surface area contributed by atoms with E-state index in [9.17, 15) is 4.79 Å². The predicted octanol–water partition coefficient (Wildman–Crippen LogP) is 5.20. The van der Waals surface area contributed by atoms with Crippen molar-refractivity contribution in [3.63, 3.8) is 0 Å². The van der Waals surface area contributed by atoms with Gasteiger partial charge in [0.2, 0.25) is 0 Å². The lowest BCUT2D eigenvalue weighted by Crippen LogP contribution is -2.30. The number of rotatable bonds is 4. The average Bonchev–Trinajstić information content (AvgIpc) is 2.64. The molecule has 0 unspecified atom stereocenters. The van der Waals surface area contributed by atoms with Crippen molar-refractivity contribution in [3.8, 4) is 5.75 Å². The van der Waals surface area contributed by atoms with E-state index in [4.69, 9.17) is 10.5 Å². The van der Waals surface area contributed by atoms with E-state index in [0.29, 0.717) is 11.4 Å². The standard InChI is InChI=1S/C21H31NO2/c1-2-15-3-5-16(6-4-15)17-7-9-18(10-8-17)21(23)24-20-13-11-19(22)12-14-20/h11-18H,2-10,22H2,1H3. The number of ether oxygens (including phenoxy) is 1. The zero-order valence-electron chi connectivity index (χ0n) is 14.9. The second kappa shape index (κ2) is 8.04. The lowest BCUT2D eigenvalue weighted by molar-refractivity contribution is -0.140. The number of nitrogen functional groups attached to an aromatic ring is 1. The van der Waals surface area contributed by atoms with Gasteiger partial charge in [-0.2, -0.15) is 0 Å². The Labute approximate surface area is 146 Å². The van der Waals surface area contributed by atoms with Crippen LogP contribution in [0, 0.1) is 23.7 Å². The third-order valence-corrected chi connectivity index (χ3v) is 6.34. The minimum absolute atomic E-state index is 0.0621. The second-order valence-corrected chi connectivity index (χ2v) is 7.79. The normalized spacial score (nSPS) is 30.7. The zero-order chi connectivity index (χ0) is 16.9. The number of esters is 1. The van der Waals surface area contributed by atoms with E-state index in [1.807, 2.05) is 0 Å². The quantitative estimate of drug-likeness (QED) is 0.469. The van der Waals surface area contributed by atoms with Crippen LogP contribution in [0.3, 0.4) is 0 Å². The maximum Gasteiger partial charge on any atom is 0.314 e. The molecule has 0 bridgehead atoms. The molecule has 0 spiro atoms. The Morgan fingerprint density at radius 1 is 0.958 bits per heavy atom. The first-order valence-electron chi connectivity index (χ1n) is 9.73. The van der Waals surface area contributed by atoms with Crippen LogP contribution < -0.4 is 10.5 Å². The van der Waals surface area contributed by atoms with E-state index in [2.05, 4.69) is 6.92 Å². The van der Waals surface area contributed by atoms with Crippen molar-refractivity contribution in [2.24, 2.45) is 23.7 Å². The van der Waals surface area contributed by atoms with Crippen LogP contribution in [0.25, 0.3) is 0 Å². The molecule has 2 fully saturated rings. The topological polar surface area (TPSA) is 52.3 Å². The van der Waals surface area contributed by atoms with Crippen LogP contribution in [-0.4, -0.2) is 5.97 Å². The smallest absolute Gasteiger partial charge is 0.314 e. The van der Waals surface area contributed by atoms with Gasteiger partial charge in [-0.3, -0.25) is 4.79 Å². The van der Waals surface area contributed by atoms with Crippen molar-refractivity contribution < 1.29 is 9.53 Å². The molecule has 3 nitrogen and oxygen atoms in total. The van der Waals surface area contributed by atoms with Gasteiger partial charge in [0.25, 0.3) is 0 Å². The molecule has 0 amide bonds. The fraction of sp³-hybridized carbons (Fsp3) is 0.667. The van der Waals surface area contributed by atoms with Gasteiger partial charge in [-0.05, 0) is 80.5 Å². The first-order chi connectivity index (χ1) is 11.7. The van der Waals surface area contributed by atoms with Crippen LogP contribution in [-0.2, 0) is 4.79 Å². The lowest BCUT2D eigenvalue weighted by Gasteiger charge is -2.37. The summed E-state index contributed by atoms with van der Waals surface area (Å²) in [5, 5.41) is 0. The molecule has 0 saturated heterocycles. The number of carbonyl (C=O) groups excluding carboxylic acids is 1. The number of hydrogen-bond acceptors (Lipinski definition) is 3. The summed E-state index contributed by atoms with van der Waals surface area (Å²) in [4.78, 5) is 12.4. The Hall–Kier alpha value is -1.51. The van der Waals surface area contributed by atoms with E-state index < -0.39 is 0 Å². The van der Waals surface area contributed by atoms with Crippen molar-refractivity contribution in [3.05, 3.63) is 24.3 Å². The Morgan fingerprint density at radius 3 is 2.04 bits per heavy atom. The van der Waals surface area contributed by atoms with Gasteiger partial charge in [-0.15, -0.1) is 0 Å². The molecule has 132 valence electrons. The number of anilines is 1. The largest absolute Gasteiger partial charge is 0.426 e. The van der Waals surface area contributed by atoms with E-state index >= 15 is 0 Å². The molecule has 0 heterocycles. The molecule has 2 N–H and O–H groups in total. The highest BCUT2D eigenvalue weighted by Gasteiger charge is 2.33. The van der Waals surface area contributed by atoms with Gasteiger partial charge >= 0.3 is 5.97 Å². The number of carbonyl (C=O) groups is 1. The summed E-state index contributed by atoms with van der Waals surface area (Å²) in [5.41, 5.74) is 6.35. The Bertz CT molecular complexity index is 523. The van der Waals surface area contributed by atoms with Crippen molar-refractivity contribution >= 4 is 11.7 Å². The average molecular weight is 329 g/mol. The number of nitrogens with two attached hydrogens (primary N) is 1. The van der Waals surface area contributed by atoms with Crippen molar-refractivity contribution in [1.82, 2.24) is 0 Å². The Balaban J connectivity index is 1.44. The highest BCUT2D eigenvalue weighted by Crippen LogP contribution is 2.42. The van der Waals surface area contributed by atoms with Crippen LogP contribution in [0.4, 0.5) is 5.69 Å². The molecule has 24 heavy (non-hydrogen) atoms. The predicted molar refractivity (Wildman–Crippen MR) is 97.7 cm³/mol. The molecular weight excluding hydrogens is 298 g/mol. The van der Waals surface area contributed by atoms with Crippen LogP contribution in [0.5, 0.6) is 5.75 Å². The molecule has 2 aliphatic carbocycles. The summed E-state index contributed by atoms with van der Waals surface area (Å²) < 4.78 is 5.52. The lowest BCUT2D eigenvalue weighted by atomic mass is 9.69. The minimum atomic E-state index is -0.0621. The van der Waals surface area contributed by atoms with E-state index in [0.717, 1.165) is 30.6 Å². The Morgan fingerprint density at radius 2 is 1.50 bits per heavy atom. The van der Waals surface area contributed by atoms with Gasteiger partial charge in [-0.25, -0.2) is 0 Å². The fourth-order valence-electron chi connectivity index (χ4n) is 4.63. The third kappa shape index (κ3) is 4.31. The molecule has 2 saturated carbocycles. The third-order valence-electron chi connectivity index (χ3n) is 6.34. The molecule has 1 aromatic rings. The monoisotopic (exact) mass is 329 g/mol. The van der Waals surface area contributed by atoms with Gasteiger partial charge in [0.15, 0.2) is 0 Å². The fourth-order valence-corrected chi connectivity index (χ4v) is 4.63. The summed E-state index contributed by atoms with van der Waals surface area (Å²) in [5.74, 6) is 3.32. The number of hydrogen-bond donors (Lipinski definition) is 1. The number of benzene rings is 1. The molecule has 1 aromatic carbocycles. The summed E-state index contributed by atoms with van der Waals surface area (Å²) in [6, 6.07) is 7.08. The Kier molecular flexibility index (Phi) is 5.80. The van der Waals surface area contributed by atoms with Gasteiger partial charge in [-0.1, -0.05) is 26.2 Å². The molecule has 3 heteroatoms. The molecule has 2 aliphatic rings.